The SMILES string of the molecule is CC1CCN(C(=O)OC(C)(C)C)C1.CCCCCCCCCCCCCCNC=O. The van der Waals surface area contributed by atoms with E-state index in [0.29, 0.717) is 5.92 Å². The van der Waals surface area contributed by atoms with Gasteiger partial charge in [-0.25, -0.2) is 4.79 Å². The van der Waals surface area contributed by atoms with Gasteiger partial charge in [0.15, 0.2) is 0 Å². The van der Waals surface area contributed by atoms with Crippen molar-refractivity contribution in [1.82, 2.24) is 10.2 Å². The molecule has 178 valence electrons. The minimum absolute atomic E-state index is 0.170. The molecule has 2 amide bonds. The summed E-state index contributed by atoms with van der Waals surface area (Å²) in [6.45, 7) is 12.6. The number of hydrogen-bond donors (Lipinski definition) is 1. The lowest BCUT2D eigenvalue weighted by Crippen LogP contribution is -2.35. The smallest absolute Gasteiger partial charge is 0.410 e. The first-order valence-corrected chi connectivity index (χ1v) is 12.4. The average Bonchev–Trinajstić information content (AvgIpc) is 3.11. The highest BCUT2D eigenvalue weighted by Crippen LogP contribution is 2.18. The molecule has 0 saturated carbocycles. The zero-order chi connectivity index (χ0) is 22.7. The van der Waals surface area contributed by atoms with Crippen molar-refractivity contribution in [2.75, 3.05) is 19.6 Å². The van der Waals surface area contributed by atoms with Crippen LogP contribution in [0.1, 0.15) is 118 Å². The molecule has 0 aliphatic carbocycles. The first-order valence-electron chi connectivity index (χ1n) is 12.4. The maximum absolute atomic E-state index is 11.5. The Kier molecular flexibility index (Phi) is 17.7. The van der Waals surface area contributed by atoms with Gasteiger partial charge in [0, 0.05) is 19.6 Å². The Morgan fingerprint density at radius 2 is 1.47 bits per heavy atom. The van der Waals surface area contributed by atoms with Crippen molar-refractivity contribution in [2.45, 2.75) is 124 Å². The monoisotopic (exact) mass is 426 g/mol. The molecular weight excluding hydrogens is 376 g/mol. The molecule has 1 heterocycles. The highest BCUT2D eigenvalue weighted by atomic mass is 16.6. The van der Waals surface area contributed by atoms with Gasteiger partial charge < -0.3 is 15.0 Å². The van der Waals surface area contributed by atoms with Gasteiger partial charge in [0.05, 0.1) is 0 Å². The third-order valence-corrected chi connectivity index (χ3v) is 5.33. The molecule has 0 bridgehead atoms. The number of hydrogen-bond acceptors (Lipinski definition) is 3. The Labute approximate surface area is 186 Å². The lowest BCUT2D eigenvalue weighted by atomic mass is 10.1. The maximum atomic E-state index is 11.5. The van der Waals surface area contributed by atoms with Crippen molar-refractivity contribution in [3.63, 3.8) is 0 Å². The van der Waals surface area contributed by atoms with E-state index >= 15 is 0 Å². The molecule has 5 heteroatoms. The number of carbonyl (C=O) groups is 2. The second kappa shape index (κ2) is 18.5. The average molecular weight is 427 g/mol. The van der Waals surface area contributed by atoms with Gasteiger partial charge in [0.2, 0.25) is 6.41 Å². The predicted molar refractivity (Wildman–Crippen MR) is 127 cm³/mol. The van der Waals surface area contributed by atoms with E-state index in [-0.39, 0.29) is 11.7 Å². The van der Waals surface area contributed by atoms with Gasteiger partial charge in [-0.2, -0.15) is 0 Å². The van der Waals surface area contributed by atoms with Crippen LogP contribution in [-0.4, -0.2) is 42.6 Å². The molecule has 1 aliphatic rings. The van der Waals surface area contributed by atoms with Crippen LogP contribution < -0.4 is 5.32 Å². The molecule has 1 unspecified atom stereocenters. The maximum Gasteiger partial charge on any atom is 0.410 e. The molecule has 1 rings (SSSR count). The highest BCUT2D eigenvalue weighted by molar-refractivity contribution is 5.68. The van der Waals surface area contributed by atoms with E-state index in [1.807, 2.05) is 20.8 Å². The molecule has 1 N–H and O–H groups in total. The summed E-state index contributed by atoms with van der Waals surface area (Å²) in [6, 6.07) is 0. The molecule has 1 atom stereocenters. The summed E-state index contributed by atoms with van der Waals surface area (Å²) in [5, 5.41) is 2.70. The summed E-state index contributed by atoms with van der Waals surface area (Å²) >= 11 is 0. The number of nitrogens with one attached hydrogen (secondary N) is 1. The minimum Gasteiger partial charge on any atom is -0.444 e. The third-order valence-electron chi connectivity index (χ3n) is 5.33. The van der Waals surface area contributed by atoms with E-state index in [4.69, 9.17) is 4.74 Å². The fourth-order valence-electron chi connectivity index (χ4n) is 3.55. The summed E-state index contributed by atoms with van der Waals surface area (Å²) in [5.74, 6) is 0.618. The second-order valence-electron chi connectivity index (χ2n) is 9.78. The van der Waals surface area contributed by atoms with Crippen molar-refractivity contribution < 1.29 is 14.3 Å². The minimum atomic E-state index is -0.372. The van der Waals surface area contributed by atoms with Gasteiger partial charge in [-0.3, -0.25) is 4.79 Å². The van der Waals surface area contributed by atoms with Crippen LogP contribution in [0.2, 0.25) is 0 Å². The van der Waals surface area contributed by atoms with Crippen molar-refractivity contribution in [1.29, 1.82) is 0 Å². The Bertz CT molecular complexity index is 421. The van der Waals surface area contributed by atoms with E-state index < -0.39 is 0 Å². The number of amides is 2. The molecule has 5 nitrogen and oxygen atoms in total. The normalized spacial score (nSPS) is 16.0. The summed E-state index contributed by atoms with van der Waals surface area (Å²) in [6.07, 6.45) is 18.1. The number of nitrogens with zero attached hydrogens (tertiary/aromatic N) is 1. The van der Waals surface area contributed by atoms with Crippen LogP contribution in [0, 0.1) is 5.92 Å². The first kappa shape index (κ1) is 28.7. The molecule has 0 spiro atoms. The van der Waals surface area contributed by atoms with Gasteiger partial charge in [0.25, 0.3) is 0 Å². The molecule has 0 aromatic rings. The van der Waals surface area contributed by atoms with Crippen LogP contribution in [0.25, 0.3) is 0 Å². The zero-order valence-corrected chi connectivity index (χ0v) is 20.6. The van der Waals surface area contributed by atoms with Crippen LogP contribution in [-0.2, 0) is 9.53 Å². The second-order valence-corrected chi connectivity index (χ2v) is 9.78. The Morgan fingerprint density at radius 1 is 0.967 bits per heavy atom. The molecule has 1 saturated heterocycles. The van der Waals surface area contributed by atoms with Crippen LogP contribution in [0.15, 0.2) is 0 Å². The first-order chi connectivity index (χ1) is 14.3. The highest BCUT2D eigenvalue weighted by Gasteiger charge is 2.27. The summed E-state index contributed by atoms with van der Waals surface area (Å²) in [7, 11) is 0. The van der Waals surface area contributed by atoms with Crippen molar-refractivity contribution in [3.05, 3.63) is 0 Å². The molecule has 0 aromatic carbocycles. The lowest BCUT2D eigenvalue weighted by molar-refractivity contribution is -0.109. The lowest BCUT2D eigenvalue weighted by Gasteiger charge is -2.24. The Balaban J connectivity index is 0.000000579. The molecule has 0 aromatic heterocycles. The quantitative estimate of drug-likeness (QED) is 0.248. The summed E-state index contributed by atoms with van der Waals surface area (Å²) in [5.41, 5.74) is -0.372. The van der Waals surface area contributed by atoms with E-state index in [1.54, 1.807) is 4.90 Å². The van der Waals surface area contributed by atoms with Gasteiger partial charge in [-0.15, -0.1) is 0 Å². The van der Waals surface area contributed by atoms with Crippen LogP contribution in [0.3, 0.4) is 0 Å². The molecule has 1 fully saturated rings. The molecule has 30 heavy (non-hydrogen) atoms. The van der Waals surface area contributed by atoms with E-state index in [1.165, 1.54) is 70.6 Å². The summed E-state index contributed by atoms with van der Waals surface area (Å²) < 4.78 is 5.26. The molecule has 0 radical (unpaired) electrons. The van der Waals surface area contributed by atoms with Crippen LogP contribution >= 0.6 is 0 Å². The number of rotatable bonds is 14. The van der Waals surface area contributed by atoms with Crippen molar-refractivity contribution in [3.8, 4) is 0 Å². The van der Waals surface area contributed by atoms with E-state index in [0.717, 1.165) is 38.9 Å². The number of unbranched alkanes of at least 4 members (excludes halogenated alkanes) is 11. The summed E-state index contributed by atoms with van der Waals surface area (Å²) in [4.78, 5) is 23.3. The van der Waals surface area contributed by atoms with Gasteiger partial charge in [0.1, 0.15) is 5.60 Å². The largest absolute Gasteiger partial charge is 0.444 e. The number of carbonyl (C=O) groups excluding carboxylic acids is 2. The molecular formula is C25H50N2O3. The predicted octanol–water partition coefficient (Wildman–Crippen LogP) is 6.70. The van der Waals surface area contributed by atoms with Gasteiger partial charge in [-0.05, 0) is 39.5 Å². The topological polar surface area (TPSA) is 58.6 Å². The van der Waals surface area contributed by atoms with Crippen LogP contribution in [0.4, 0.5) is 4.79 Å². The fourth-order valence-corrected chi connectivity index (χ4v) is 3.55. The number of likely N-dealkylation sites (tertiary alicyclic amines) is 1. The van der Waals surface area contributed by atoms with Crippen molar-refractivity contribution >= 4 is 12.5 Å². The molecule has 1 aliphatic heterocycles. The Hall–Kier alpha value is -1.26. The van der Waals surface area contributed by atoms with Crippen LogP contribution in [0.5, 0.6) is 0 Å². The van der Waals surface area contributed by atoms with Crippen molar-refractivity contribution in [2.24, 2.45) is 5.92 Å². The van der Waals surface area contributed by atoms with E-state index in [9.17, 15) is 9.59 Å². The van der Waals surface area contributed by atoms with E-state index in [2.05, 4.69) is 19.2 Å². The third kappa shape index (κ3) is 18.7. The Morgan fingerprint density at radius 3 is 1.87 bits per heavy atom. The fraction of sp³-hybridized carbons (Fsp3) is 0.920. The van der Waals surface area contributed by atoms with Gasteiger partial charge in [-0.1, -0.05) is 84.5 Å². The number of ether oxygens (including phenoxy) is 1. The van der Waals surface area contributed by atoms with Gasteiger partial charge >= 0.3 is 6.09 Å². The zero-order valence-electron chi connectivity index (χ0n) is 20.6. The standard InChI is InChI=1S/C15H31NO.C10H19NO2/c1-2-3-4-5-6-7-8-9-10-11-12-13-14-16-15-17;1-8-5-6-11(7-8)9(12)13-10(2,3)4/h15H,2-14H2,1H3,(H,16,17);8H,5-7H2,1-4H3.